The van der Waals surface area contributed by atoms with Gasteiger partial charge < -0.3 is 24.4 Å². The molecule has 51 heavy (non-hydrogen) atoms. The van der Waals surface area contributed by atoms with Crippen molar-refractivity contribution in [1.82, 2.24) is 24.9 Å². The lowest BCUT2D eigenvalue weighted by Crippen LogP contribution is -2.57. The lowest BCUT2D eigenvalue weighted by Gasteiger charge is -2.28. The summed E-state index contributed by atoms with van der Waals surface area (Å²) in [4.78, 5) is 52.6. The van der Waals surface area contributed by atoms with E-state index in [1.165, 1.54) is 23.3 Å². The summed E-state index contributed by atoms with van der Waals surface area (Å²) in [5.41, 5.74) is 0.365. The van der Waals surface area contributed by atoms with Crippen LogP contribution in [0.2, 0.25) is 5.02 Å². The van der Waals surface area contributed by atoms with E-state index in [2.05, 4.69) is 15.0 Å². The van der Waals surface area contributed by atoms with Gasteiger partial charge in [-0.25, -0.2) is 18.4 Å². The fraction of sp³-hybridized carbons (Fsp3) is 0.514. The average Bonchev–Trinajstić information content (AvgIpc) is 3.99. The monoisotopic (exact) mass is 757 g/mol. The molecule has 5 atom stereocenters. The molecule has 0 spiro atoms. The molecular weight excluding hydrogens is 718 g/mol. The fourth-order valence-corrected chi connectivity index (χ4v) is 9.16. The zero-order valence-corrected chi connectivity index (χ0v) is 30.9. The first kappa shape index (κ1) is 35.6. The molecule has 1 saturated heterocycles. The van der Waals surface area contributed by atoms with Crippen LogP contribution in [0.25, 0.3) is 21.6 Å². The number of carbonyl (C=O) groups excluding carboxylic acids is 3. The smallest absolute Gasteiger partial charge is 0.259 e. The largest absolute Gasteiger partial charge is 0.495 e. The van der Waals surface area contributed by atoms with Crippen molar-refractivity contribution >= 4 is 61.6 Å². The lowest BCUT2D eigenvalue weighted by atomic mass is 10.1. The Hall–Kier alpha value is -3.79. The van der Waals surface area contributed by atoms with Crippen molar-refractivity contribution in [2.45, 2.75) is 87.8 Å². The van der Waals surface area contributed by atoms with Gasteiger partial charge in [0.1, 0.15) is 51.0 Å². The molecule has 2 aliphatic carbocycles. The first-order valence-electron chi connectivity index (χ1n) is 17.1. The van der Waals surface area contributed by atoms with Crippen molar-refractivity contribution in [3.8, 4) is 22.2 Å². The topological polar surface area (TPSA) is 166 Å². The molecule has 2 N–H and O–H groups in total. The summed E-state index contributed by atoms with van der Waals surface area (Å²) in [7, 11) is -2.34. The number of ether oxygens (including phenoxy) is 3. The van der Waals surface area contributed by atoms with Gasteiger partial charge in [-0.15, -0.1) is 11.3 Å². The summed E-state index contributed by atoms with van der Waals surface area (Å²) >= 11 is 8.17. The SMILES string of the molecule is COc1ccc2c(OC3CC4C(=O)NC5(C(=O)NS(=O)(=O)C6CC6)CC5C=CCCCCOC(C)C(=O)N4C3)cc(-c3nc(C)cs3)nc2c1Cl. The molecule has 3 aromatic rings. The summed E-state index contributed by atoms with van der Waals surface area (Å²) < 4.78 is 45.7. The average molecular weight is 758 g/mol. The molecule has 4 aliphatic rings. The van der Waals surface area contributed by atoms with Gasteiger partial charge in [-0.05, 0) is 64.5 Å². The number of fused-ring (bicyclic) bond motifs is 3. The number of sulfonamides is 1. The van der Waals surface area contributed by atoms with Crippen LogP contribution >= 0.6 is 22.9 Å². The Labute approximate surface area is 305 Å². The van der Waals surface area contributed by atoms with Crippen LogP contribution in [-0.2, 0) is 29.1 Å². The van der Waals surface area contributed by atoms with E-state index in [0.29, 0.717) is 70.4 Å². The Kier molecular flexibility index (Phi) is 9.76. The van der Waals surface area contributed by atoms with Gasteiger partial charge in [-0.3, -0.25) is 19.1 Å². The molecule has 0 bridgehead atoms. The van der Waals surface area contributed by atoms with Gasteiger partial charge in [0.2, 0.25) is 15.9 Å². The molecule has 13 nitrogen and oxygen atoms in total. The maximum Gasteiger partial charge on any atom is 0.259 e. The van der Waals surface area contributed by atoms with Gasteiger partial charge in [0.25, 0.3) is 11.8 Å². The van der Waals surface area contributed by atoms with Crippen LogP contribution in [0, 0.1) is 12.8 Å². The molecule has 5 unspecified atom stereocenters. The Balaban J connectivity index is 1.21. The molecule has 3 amide bonds. The van der Waals surface area contributed by atoms with E-state index in [9.17, 15) is 22.8 Å². The molecule has 2 saturated carbocycles. The number of nitrogens with zero attached hydrogens (tertiary/aromatic N) is 3. The molecule has 2 aromatic heterocycles. The summed E-state index contributed by atoms with van der Waals surface area (Å²) in [5, 5.41) is 5.77. The van der Waals surface area contributed by atoms with E-state index in [1.54, 1.807) is 25.1 Å². The second kappa shape index (κ2) is 14.0. The number of nitrogens with one attached hydrogen (secondary N) is 2. The van der Waals surface area contributed by atoms with Crippen LogP contribution in [0.5, 0.6) is 11.5 Å². The number of thiazole rings is 1. The van der Waals surface area contributed by atoms with Gasteiger partial charge in [-0.2, -0.15) is 0 Å². The number of aryl methyl sites for hydroxylation is 1. The van der Waals surface area contributed by atoms with Gasteiger partial charge in [-0.1, -0.05) is 23.8 Å². The van der Waals surface area contributed by atoms with Crippen LogP contribution < -0.4 is 19.5 Å². The van der Waals surface area contributed by atoms with Crippen molar-refractivity contribution in [3.05, 3.63) is 46.4 Å². The van der Waals surface area contributed by atoms with Crippen LogP contribution in [-0.4, -0.2) is 90.3 Å². The number of carbonyl (C=O) groups is 3. The Morgan fingerprint density at radius 1 is 1.20 bits per heavy atom. The van der Waals surface area contributed by atoms with E-state index < -0.39 is 56.8 Å². The Morgan fingerprint density at radius 3 is 2.73 bits per heavy atom. The van der Waals surface area contributed by atoms with Crippen molar-refractivity contribution in [1.29, 1.82) is 0 Å². The highest BCUT2D eigenvalue weighted by Gasteiger charge is 2.62. The number of hydrogen-bond donors (Lipinski definition) is 2. The highest BCUT2D eigenvalue weighted by molar-refractivity contribution is 7.91. The standard InChI is InChI=1S/C35H40ClN5O8S2/c1-19-18-50-32(37-19)25-15-28(24-11-12-27(47-3)29(36)30(24)38-25)49-22-14-26-31(42)39-35(34(44)40-51(45,46)23-9-10-23)16-21(35)8-6-4-5-7-13-48-20(2)33(43)41(26)17-22/h6,8,11-12,15,18,20-23,26H,4-5,7,9-10,13-14,16-17H2,1-3H3,(H,39,42)(H,40,44). The van der Waals surface area contributed by atoms with Crippen LogP contribution in [0.3, 0.4) is 0 Å². The number of halogens is 1. The number of amides is 3. The highest BCUT2D eigenvalue weighted by atomic mass is 35.5. The van der Waals surface area contributed by atoms with E-state index in [0.717, 1.165) is 12.1 Å². The number of allylic oxidation sites excluding steroid dienone is 1. The van der Waals surface area contributed by atoms with Gasteiger partial charge in [0.05, 0.1) is 24.4 Å². The quantitative estimate of drug-likeness (QED) is 0.332. The number of rotatable bonds is 7. The normalized spacial score (nSPS) is 27.2. The molecule has 16 heteroatoms. The number of hydrogen-bond acceptors (Lipinski definition) is 11. The number of aromatic nitrogens is 2. The molecule has 0 radical (unpaired) electrons. The lowest BCUT2D eigenvalue weighted by molar-refractivity contribution is -0.147. The summed E-state index contributed by atoms with van der Waals surface area (Å²) in [6.07, 6.45) is 5.89. The number of benzene rings is 1. The van der Waals surface area contributed by atoms with E-state index in [4.69, 9.17) is 30.8 Å². The van der Waals surface area contributed by atoms with Crippen molar-refractivity contribution in [2.75, 3.05) is 20.3 Å². The highest BCUT2D eigenvalue weighted by Crippen LogP contribution is 2.46. The minimum atomic E-state index is -3.86. The predicted octanol–water partition coefficient (Wildman–Crippen LogP) is 4.31. The van der Waals surface area contributed by atoms with E-state index in [-0.39, 0.29) is 25.3 Å². The predicted molar refractivity (Wildman–Crippen MR) is 191 cm³/mol. The molecule has 7 rings (SSSR count). The zero-order chi connectivity index (χ0) is 36.1. The molecule has 2 aliphatic heterocycles. The van der Waals surface area contributed by atoms with Gasteiger partial charge in [0.15, 0.2) is 0 Å². The maximum absolute atomic E-state index is 14.2. The first-order chi connectivity index (χ1) is 24.4. The zero-order valence-electron chi connectivity index (χ0n) is 28.5. The second-order valence-electron chi connectivity index (χ2n) is 13.6. The Bertz CT molecular complexity index is 2020. The van der Waals surface area contributed by atoms with Crippen LogP contribution in [0.15, 0.2) is 35.7 Å². The first-order valence-corrected chi connectivity index (χ1v) is 19.9. The van der Waals surface area contributed by atoms with E-state index >= 15 is 0 Å². The van der Waals surface area contributed by atoms with Crippen molar-refractivity contribution in [3.63, 3.8) is 0 Å². The third-order valence-electron chi connectivity index (χ3n) is 9.86. The summed E-state index contributed by atoms with van der Waals surface area (Å²) in [6.45, 7) is 3.97. The second-order valence-corrected chi connectivity index (χ2v) is 16.8. The van der Waals surface area contributed by atoms with Gasteiger partial charge in [0, 0.05) is 41.5 Å². The van der Waals surface area contributed by atoms with Gasteiger partial charge >= 0.3 is 0 Å². The third kappa shape index (κ3) is 7.17. The minimum Gasteiger partial charge on any atom is -0.495 e. The summed E-state index contributed by atoms with van der Waals surface area (Å²) in [5.74, 6) is -1.24. The van der Waals surface area contributed by atoms with Crippen molar-refractivity contribution in [2.24, 2.45) is 5.92 Å². The van der Waals surface area contributed by atoms with Crippen LogP contribution in [0.4, 0.5) is 0 Å². The number of methoxy groups -OCH3 is 1. The molecular formula is C35H40ClN5O8S2. The van der Waals surface area contributed by atoms with Crippen molar-refractivity contribution < 1.29 is 37.0 Å². The van der Waals surface area contributed by atoms with Crippen LogP contribution in [0.1, 0.15) is 57.6 Å². The Morgan fingerprint density at radius 2 is 2.00 bits per heavy atom. The molecule has 1 aromatic carbocycles. The number of pyridine rings is 1. The molecule has 4 heterocycles. The van der Waals surface area contributed by atoms with E-state index in [1.807, 2.05) is 24.5 Å². The molecule has 3 fully saturated rings. The summed E-state index contributed by atoms with van der Waals surface area (Å²) in [6, 6.07) is 4.26. The fourth-order valence-electron chi connectivity index (χ4n) is 6.76. The molecule has 272 valence electrons. The maximum atomic E-state index is 14.2. The minimum absolute atomic E-state index is 0.0581. The third-order valence-corrected chi connectivity index (χ3v) is 13.0.